The minimum absolute atomic E-state index is 0.614. The van der Waals surface area contributed by atoms with Crippen LogP contribution in [0.4, 0.5) is 23.0 Å². The number of nitrogens with two attached hydrogens (primary N) is 1. The number of benzene rings is 2. The molecule has 5 heteroatoms. The first-order chi connectivity index (χ1) is 13.3. The Balaban J connectivity index is 1.41. The van der Waals surface area contributed by atoms with Gasteiger partial charge >= 0.3 is 0 Å². The maximum Gasteiger partial charge on any atom is 0.159 e. The minimum atomic E-state index is 0.614. The highest BCUT2D eigenvalue weighted by Gasteiger charge is 2.23. The van der Waals surface area contributed by atoms with E-state index >= 15 is 0 Å². The zero-order chi connectivity index (χ0) is 18.5. The maximum absolute atomic E-state index is 6.39. The molecule has 0 bridgehead atoms. The summed E-state index contributed by atoms with van der Waals surface area (Å²) < 4.78 is 0. The van der Waals surface area contributed by atoms with Crippen LogP contribution in [-0.4, -0.2) is 23.1 Å². The number of anilines is 4. The lowest BCUT2D eigenvalue weighted by atomic mass is 9.90. The molecule has 2 heterocycles. The summed E-state index contributed by atoms with van der Waals surface area (Å²) in [5, 5.41) is 3.29. The number of nitrogens with one attached hydrogen (secondary N) is 1. The Hall–Kier alpha value is -3.08. The largest absolute Gasteiger partial charge is 0.393 e. The minimum Gasteiger partial charge on any atom is -0.393 e. The number of nitrogen functional groups attached to an aromatic ring is 1. The Labute approximate surface area is 160 Å². The first-order valence-corrected chi connectivity index (χ1v) is 9.51. The van der Waals surface area contributed by atoms with E-state index in [-0.39, 0.29) is 0 Å². The Morgan fingerprint density at radius 3 is 2.30 bits per heavy atom. The molecule has 1 aliphatic heterocycles. The van der Waals surface area contributed by atoms with Gasteiger partial charge in [-0.15, -0.1) is 0 Å². The van der Waals surface area contributed by atoms with Gasteiger partial charge in [0.15, 0.2) is 11.6 Å². The summed E-state index contributed by atoms with van der Waals surface area (Å²) in [4.78, 5) is 11.1. The van der Waals surface area contributed by atoms with E-state index in [9.17, 15) is 0 Å². The summed E-state index contributed by atoms with van der Waals surface area (Å²) >= 11 is 0. The third-order valence-electron chi connectivity index (χ3n) is 5.18. The van der Waals surface area contributed by atoms with Crippen LogP contribution in [-0.2, 0) is 6.42 Å². The molecule has 0 atom stereocenters. The summed E-state index contributed by atoms with van der Waals surface area (Å²) in [5.74, 6) is 2.22. The zero-order valence-corrected chi connectivity index (χ0v) is 15.4. The second-order valence-corrected chi connectivity index (χ2v) is 7.07. The lowest BCUT2D eigenvalue weighted by molar-refractivity contribution is 0.402. The Morgan fingerprint density at radius 1 is 0.926 bits per heavy atom. The molecular formula is C22H25N5. The molecule has 3 aromatic rings. The fraction of sp³-hybridized carbons (Fsp3) is 0.273. The molecule has 1 aromatic heterocycles. The third-order valence-corrected chi connectivity index (χ3v) is 5.18. The van der Waals surface area contributed by atoms with Crippen LogP contribution in [0.3, 0.4) is 0 Å². The molecule has 4 rings (SSSR count). The third kappa shape index (κ3) is 4.19. The lowest BCUT2D eigenvalue weighted by Gasteiger charge is -2.33. The van der Waals surface area contributed by atoms with Crippen LogP contribution in [0.2, 0.25) is 0 Å². The number of hydrogen-bond donors (Lipinski definition) is 2. The van der Waals surface area contributed by atoms with E-state index in [0.717, 1.165) is 43.9 Å². The van der Waals surface area contributed by atoms with Gasteiger partial charge < -0.3 is 16.0 Å². The SMILES string of the molecule is Nc1c(Nc2ccccc2)ncnc1N1CCC(Cc2ccccc2)CC1. The Bertz CT molecular complexity index is 858. The van der Waals surface area contributed by atoms with Crippen molar-refractivity contribution in [3.05, 3.63) is 72.6 Å². The molecule has 3 N–H and O–H groups in total. The lowest BCUT2D eigenvalue weighted by Crippen LogP contribution is -2.35. The maximum atomic E-state index is 6.39. The van der Waals surface area contributed by atoms with Crippen LogP contribution in [0.25, 0.3) is 0 Å². The van der Waals surface area contributed by atoms with Gasteiger partial charge in [-0.3, -0.25) is 0 Å². The summed E-state index contributed by atoms with van der Waals surface area (Å²) in [7, 11) is 0. The molecule has 2 aromatic carbocycles. The smallest absolute Gasteiger partial charge is 0.159 e. The van der Waals surface area contributed by atoms with Gasteiger partial charge in [0.1, 0.15) is 12.0 Å². The number of para-hydroxylation sites is 1. The van der Waals surface area contributed by atoms with E-state index in [1.54, 1.807) is 6.33 Å². The highest BCUT2D eigenvalue weighted by Crippen LogP contribution is 2.31. The second kappa shape index (κ2) is 8.08. The highest BCUT2D eigenvalue weighted by atomic mass is 15.2. The predicted molar refractivity (Wildman–Crippen MR) is 111 cm³/mol. The van der Waals surface area contributed by atoms with Gasteiger partial charge in [-0.05, 0) is 42.9 Å². The first kappa shape index (κ1) is 17.3. The molecule has 1 aliphatic rings. The quantitative estimate of drug-likeness (QED) is 0.712. The molecule has 5 nitrogen and oxygen atoms in total. The van der Waals surface area contributed by atoms with Crippen LogP contribution in [0, 0.1) is 5.92 Å². The summed E-state index contributed by atoms with van der Waals surface area (Å²) in [6, 6.07) is 20.7. The van der Waals surface area contributed by atoms with Crippen LogP contribution in [0.1, 0.15) is 18.4 Å². The van der Waals surface area contributed by atoms with Crippen molar-refractivity contribution in [1.29, 1.82) is 0 Å². The normalized spacial score (nSPS) is 14.9. The molecule has 0 radical (unpaired) electrons. The van der Waals surface area contributed by atoms with Gasteiger partial charge in [0, 0.05) is 18.8 Å². The van der Waals surface area contributed by atoms with Crippen molar-refractivity contribution in [1.82, 2.24) is 9.97 Å². The average Bonchev–Trinajstić information content (AvgIpc) is 2.72. The Kier molecular flexibility index (Phi) is 5.19. The standard InChI is InChI=1S/C22H25N5/c23-20-21(26-19-9-5-2-6-10-19)24-16-25-22(20)27-13-11-18(12-14-27)15-17-7-3-1-4-8-17/h1-10,16,18H,11-15,23H2,(H,24,25,26). The van der Waals surface area contributed by atoms with E-state index < -0.39 is 0 Å². The molecule has 138 valence electrons. The van der Waals surface area contributed by atoms with Crippen LogP contribution in [0.5, 0.6) is 0 Å². The molecule has 1 fully saturated rings. The van der Waals surface area contributed by atoms with Crippen LogP contribution < -0.4 is 16.0 Å². The fourth-order valence-corrected chi connectivity index (χ4v) is 3.69. The van der Waals surface area contributed by atoms with Crippen molar-refractivity contribution in [3.8, 4) is 0 Å². The van der Waals surface area contributed by atoms with Crippen molar-refractivity contribution >= 4 is 23.0 Å². The van der Waals surface area contributed by atoms with E-state index in [2.05, 4.69) is 50.5 Å². The van der Waals surface area contributed by atoms with E-state index in [4.69, 9.17) is 5.73 Å². The number of nitrogens with zero attached hydrogens (tertiary/aromatic N) is 3. The summed E-state index contributed by atoms with van der Waals surface area (Å²) in [6.45, 7) is 1.95. The van der Waals surface area contributed by atoms with Crippen molar-refractivity contribution in [2.45, 2.75) is 19.3 Å². The topological polar surface area (TPSA) is 67.1 Å². The van der Waals surface area contributed by atoms with Gasteiger partial charge in [-0.2, -0.15) is 0 Å². The average molecular weight is 359 g/mol. The van der Waals surface area contributed by atoms with Gasteiger partial charge in [0.2, 0.25) is 0 Å². The molecule has 1 saturated heterocycles. The van der Waals surface area contributed by atoms with Gasteiger partial charge in [0.05, 0.1) is 0 Å². The van der Waals surface area contributed by atoms with Crippen LogP contribution >= 0.6 is 0 Å². The summed E-state index contributed by atoms with van der Waals surface area (Å²) in [6.07, 6.45) is 5.04. The van der Waals surface area contributed by atoms with Gasteiger partial charge in [-0.1, -0.05) is 48.5 Å². The number of rotatable bonds is 5. The molecule has 0 unspecified atom stereocenters. The predicted octanol–water partition coefficient (Wildman–Crippen LogP) is 4.26. The van der Waals surface area contributed by atoms with E-state index in [1.165, 1.54) is 5.56 Å². The van der Waals surface area contributed by atoms with Crippen molar-refractivity contribution < 1.29 is 0 Å². The molecule has 0 saturated carbocycles. The van der Waals surface area contributed by atoms with Crippen molar-refractivity contribution in [2.24, 2.45) is 5.92 Å². The number of piperidine rings is 1. The van der Waals surface area contributed by atoms with E-state index in [0.29, 0.717) is 17.4 Å². The monoisotopic (exact) mass is 359 g/mol. The van der Waals surface area contributed by atoms with E-state index in [1.807, 2.05) is 30.3 Å². The molecule has 0 spiro atoms. The molecule has 27 heavy (non-hydrogen) atoms. The first-order valence-electron chi connectivity index (χ1n) is 9.51. The molecule has 0 aliphatic carbocycles. The fourth-order valence-electron chi connectivity index (χ4n) is 3.69. The number of hydrogen-bond acceptors (Lipinski definition) is 5. The zero-order valence-electron chi connectivity index (χ0n) is 15.4. The van der Waals surface area contributed by atoms with Crippen molar-refractivity contribution in [3.63, 3.8) is 0 Å². The highest BCUT2D eigenvalue weighted by molar-refractivity contribution is 5.78. The second-order valence-electron chi connectivity index (χ2n) is 7.07. The summed E-state index contributed by atoms with van der Waals surface area (Å²) in [5.41, 5.74) is 9.40. The van der Waals surface area contributed by atoms with Gasteiger partial charge in [-0.25, -0.2) is 9.97 Å². The molecular weight excluding hydrogens is 334 g/mol. The van der Waals surface area contributed by atoms with Crippen molar-refractivity contribution in [2.75, 3.05) is 29.0 Å². The Morgan fingerprint density at radius 2 is 1.59 bits per heavy atom. The molecule has 0 amide bonds. The van der Waals surface area contributed by atoms with Gasteiger partial charge in [0.25, 0.3) is 0 Å². The van der Waals surface area contributed by atoms with Crippen LogP contribution in [0.15, 0.2) is 67.0 Å². The number of aromatic nitrogens is 2.